The fourth-order valence-electron chi connectivity index (χ4n) is 2.57. The van der Waals surface area contributed by atoms with Gasteiger partial charge >= 0.3 is 30.0 Å². The summed E-state index contributed by atoms with van der Waals surface area (Å²) in [5, 5.41) is 8.37. The van der Waals surface area contributed by atoms with Crippen LogP contribution in [-0.2, 0) is 23.9 Å². The molecule has 0 saturated heterocycles. The summed E-state index contributed by atoms with van der Waals surface area (Å²) in [4.78, 5) is 38.3. The third-order valence-electron chi connectivity index (χ3n) is 4.99. The molecule has 0 amide bonds. The Bertz CT molecular complexity index is 648. The van der Waals surface area contributed by atoms with Gasteiger partial charge in [0, 0.05) is 21.3 Å². The molecule has 0 unspecified atom stereocenters. The van der Waals surface area contributed by atoms with Gasteiger partial charge in [-0.2, -0.15) is 0 Å². The van der Waals surface area contributed by atoms with E-state index < -0.39 is 17.0 Å². The van der Waals surface area contributed by atoms with Gasteiger partial charge in [-0.15, -0.1) is 0 Å². The Morgan fingerprint density at radius 3 is 1.61 bits per heavy atom. The van der Waals surface area contributed by atoms with Crippen molar-refractivity contribution in [2.45, 2.75) is 96.6 Å². The van der Waals surface area contributed by atoms with Gasteiger partial charge in [-0.3, -0.25) is 4.79 Å². The molecule has 2 aliphatic carbocycles. The van der Waals surface area contributed by atoms with Crippen LogP contribution in [0.4, 0.5) is 0 Å². The van der Waals surface area contributed by atoms with E-state index in [1.807, 2.05) is 0 Å². The van der Waals surface area contributed by atoms with Gasteiger partial charge in [0.15, 0.2) is 0 Å². The highest BCUT2D eigenvalue weighted by Crippen LogP contribution is 2.36. The van der Waals surface area contributed by atoms with Crippen LogP contribution in [0.1, 0.15) is 85.5 Å². The van der Waals surface area contributed by atoms with Gasteiger partial charge < -0.3 is 20.3 Å². The second-order valence-corrected chi connectivity index (χ2v) is 7.55. The summed E-state index contributed by atoms with van der Waals surface area (Å²) in [6.45, 7) is 18.5. The second kappa shape index (κ2) is 20.1. The van der Waals surface area contributed by atoms with Crippen molar-refractivity contribution in [2.75, 3.05) is 19.8 Å². The van der Waals surface area contributed by atoms with Crippen molar-refractivity contribution in [3.8, 4) is 13.1 Å². The van der Waals surface area contributed by atoms with Crippen LogP contribution in [0.15, 0.2) is 0 Å². The van der Waals surface area contributed by atoms with Crippen LogP contribution in [-0.4, -0.2) is 62.3 Å². The van der Waals surface area contributed by atoms with Crippen LogP contribution in [0.2, 0.25) is 0 Å². The number of carboxylic acids is 1. The first-order valence-electron chi connectivity index (χ1n) is 11.3. The number of unbranched alkanes of at least 4 members (excludes halogenated alkanes) is 2. The van der Waals surface area contributed by atoms with Gasteiger partial charge in [0.05, 0.1) is 13.2 Å². The lowest BCUT2D eigenvalue weighted by Crippen LogP contribution is -2.53. The first-order valence-corrected chi connectivity index (χ1v) is 11.3. The molecule has 2 rings (SSSR count). The molecule has 2 saturated carbocycles. The average Bonchev–Trinajstić information content (AvgIpc) is 2.68. The fourth-order valence-corrected chi connectivity index (χ4v) is 2.57. The van der Waals surface area contributed by atoms with E-state index in [0.717, 1.165) is 25.7 Å². The average molecular weight is 466 g/mol. The summed E-state index contributed by atoms with van der Waals surface area (Å²) >= 11 is 0. The number of nitrogens with zero attached hydrogens (tertiary/aromatic N) is 2. The summed E-state index contributed by atoms with van der Waals surface area (Å²) in [6, 6.07) is 0. The van der Waals surface area contributed by atoms with Crippen molar-refractivity contribution >= 4 is 26.3 Å². The largest absolute Gasteiger partial charge is 0.480 e. The van der Waals surface area contributed by atoms with Crippen LogP contribution >= 0.6 is 0 Å². The van der Waals surface area contributed by atoms with Gasteiger partial charge in [-0.25, -0.2) is 9.59 Å². The number of nitrogens with two attached hydrogens (primary N) is 1. The molecule has 2 fully saturated rings. The Kier molecular flexibility index (Phi) is 21.3. The van der Waals surface area contributed by atoms with E-state index in [1.54, 1.807) is 13.8 Å². The maximum absolute atomic E-state index is 11.2. The van der Waals surface area contributed by atoms with Gasteiger partial charge in [-0.1, -0.05) is 42.8 Å². The number of ether oxygens (including phenoxy) is 2. The molecule has 2 aliphatic rings. The van der Waals surface area contributed by atoms with Crippen molar-refractivity contribution < 1.29 is 29.0 Å². The molecular weight excluding hydrogens is 425 g/mol. The molecule has 33 heavy (non-hydrogen) atoms. The standard InChI is InChI=1S/C8H12NO2.C5H9NO2.C5H8NO2.C5H12.B/c1-3-11-7(10)8(9-2)5-4-6-8;6-5(4(7)8)2-1-3-5;1-3-8-5(7)4-6-2;1-3-5-4-2;/h2H,3-6H2,1H3;1-3,6H2,(H,7,8);2H,3-4H2,1H3;3-5H2,1-2H3;/q+1;;+1;;. The molecule has 0 aromatic rings. The minimum atomic E-state index is -0.861. The zero-order valence-corrected chi connectivity index (χ0v) is 20.7. The van der Waals surface area contributed by atoms with E-state index in [0.29, 0.717) is 26.1 Å². The SMILES string of the molecule is C#[N+]C1(C(=O)OCC)CCC1.C#[N+]CC(=O)OCC.CCCCC.NC1(C(=O)O)CCC1.[B]. The summed E-state index contributed by atoms with van der Waals surface area (Å²) in [5.74, 6) is -1.51. The lowest BCUT2D eigenvalue weighted by Gasteiger charge is -2.32. The van der Waals surface area contributed by atoms with Crippen molar-refractivity contribution in [1.29, 1.82) is 0 Å². The zero-order chi connectivity index (χ0) is 25.0. The predicted molar refractivity (Wildman–Crippen MR) is 131 cm³/mol. The number of esters is 2. The Balaban J connectivity index is -0.000000373. The fraction of sp³-hybridized carbons (Fsp3) is 0.783. The summed E-state index contributed by atoms with van der Waals surface area (Å²) in [5.41, 5.74) is 3.80. The Morgan fingerprint density at radius 2 is 1.42 bits per heavy atom. The number of hydrogen-bond donors (Lipinski definition) is 2. The second-order valence-electron chi connectivity index (χ2n) is 7.55. The summed E-state index contributed by atoms with van der Waals surface area (Å²) < 4.78 is 9.30. The molecule has 0 aromatic carbocycles. The Hall–Kier alpha value is -2.59. The van der Waals surface area contributed by atoms with Crippen LogP contribution in [0.5, 0.6) is 0 Å². The van der Waals surface area contributed by atoms with E-state index >= 15 is 0 Å². The van der Waals surface area contributed by atoms with Gasteiger partial charge in [0.25, 0.3) is 13.1 Å². The molecule has 0 atom stereocenters. The van der Waals surface area contributed by atoms with E-state index in [-0.39, 0.29) is 26.9 Å². The maximum Gasteiger partial charge on any atom is 0.398 e. The van der Waals surface area contributed by atoms with Crippen LogP contribution in [0, 0.1) is 13.1 Å². The van der Waals surface area contributed by atoms with Gasteiger partial charge in [0.1, 0.15) is 5.54 Å². The van der Waals surface area contributed by atoms with Crippen molar-refractivity contribution in [2.24, 2.45) is 5.73 Å². The summed E-state index contributed by atoms with van der Waals surface area (Å²) in [6.07, 6.45) is 8.81. The Morgan fingerprint density at radius 1 is 0.939 bits per heavy atom. The van der Waals surface area contributed by atoms with Gasteiger partial charge in [-0.05, 0) is 39.5 Å². The lowest BCUT2D eigenvalue weighted by atomic mass is 9.77. The highest BCUT2D eigenvalue weighted by Gasteiger charge is 2.56. The van der Waals surface area contributed by atoms with Crippen molar-refractivity contribution in [1.82, 2.24) is 0 Å². The molecule has 0 aliphatic heterocycles. The first kappa shape index (κ1) is 35.0. The van der Waals surface area contributed by atoms with Crippen LogP contribution < -0.4 is 5.73 Å². The normalized spacial score (nSPS) is 15.5. The molecule has 10 heteroatoms. The molecule has 0 spiro atoms. The highest BCUT2D eigenvalue weighted by atomic mass is 16.5. The number of aliphatic carboxylic acids is 1. The summed E-state index contributed by atoms with van der Waals surface area (Å²) in [7, 11) is 0. The molecule has 3 N–H and O–H groups in total. The molecule has 0 bridgehead atoms. The Labute approximate surface area is 200 Å². The smallest absolute Gasteiger partial charge is 0.398 e. The number of carbonyl (C=O) groups is 3. The molecule has 9 nitrogen and oxygen atoms in total. The molecule has 0 aromatic heterocycles. The van der Waals surface area contributed by atoms with E-state index in [2.05, 4.69) is 34.8 Å². The third-order valence-corrected chi connectivity index (χ3v) is 4.99. The highest BCUT2D eigenvalue weighted by molar-refractivity contribution is 5.84. The third kappa shape index (κ3) is 14.2. The topological polar surface area (TPSA) is 125 Å². The molecule has 185 valence electrons. The predicted octanol–water partition coefficient (Wildman–Crippen LogP) is 3.72. The number of rotatable bonds is 7. The first-order chi connectivity index (χ1) is 15.1. The van der Waals surface area contributed by atoms with Crippen LogP contribution in [0.3, 0.4) is 0 Å². The number of carbonyl (C=O) groups excluding carboxylic acids is 2. The van der Waals surface area contributed by atoms with E-state index in [9.17, 15) is 14.4 Å². The lowest BCUT2D eigenvalue weighted by molar-refractivity contribution is -0.150. The van der Waals surface area contributed by atoms with E-state index in [1.165, 1.54) is 19.3 Å². The van der Waals surface area contributed by atoms with Crippen molar-refractivity contribution in [3.63, 3.8) is 0 Å². The monoisotopic (exact) mass is 466 g/mol. The molecule has 0 heterocycles. The van der Waals surface area contributed by atoms with E-state index in [4.69, 9.17) is 22.1 Å². The maximum atomic E-state index is 11.2. The molecular formula is C23H41BN3O6+2. The molecule has 3 radical (unpaired) electrons. The number of hydrogen-bond acceptors (Lipinski definition) is 6. The minimum Gasteiger partial charge on any atom is -0.480 e. The minimum absolute atomic E-state index is 0. The van der Waals surface area contributed by atoms with Crippen molar-refractivity contribution in [3.05, 3.63) is 9.69 Å². The van der Waals surface area contributed by atoms with Gasteiger partial charge in [0.2, 0.25) is 0 Å². The zero-order valence-electron chi connectivity index (χ0n) is 20.7. The number of carboxylic acid groups (broad SMARTS) is 1. The quantitative estimate of drug-likeness (QED) is 0.433. The van der Waals surface area contributed by atoms with Crippen LogP contribution in [0.25, 0.3) is 9.69 Å².